The maximum atomic E-state index is 13.3. The molecule has 6 heteroatoms. The summed E-state index contributed by atoms with van der Waals surface area (Å²) in [4.78, 5) is 32.9. The number of aromatic amines is 1. The van der Waals surface area contributed by atoms with Crippen LogP contribution in [-0.4, -0.2) is 46.7 Å². The Kier molecular flexibility index (Phi) is 3.62. The van der Waals surface area contributed by atoms with Crippen molar-refractivity contribution in [3.8, 4) is 0 Å². The van der Waals surface area contributed by atoms with Crippen molar-refractivity contribution in [3.63, 3.8) is 0 Å². The number of halogens is 1. The molecule has 0 saturated carbocycles. The van der Waals surface area contributed by atoms with Crippen LogP contribution < -0.4 is 0 Å². The van der Waals surface area contributed by atoms with E-state index < -0.39 is 5.54 Å². The summed E-state index contributed by atoms with van der Waals surface area (Å²) in [6.07, 6.45) is 0. The minimum atomic E-state index is -1.05. The van der Waals surface area contributed by atoms with Crippen molar-refractivity contribution >= 4 is 34.3 Å². The van der Waals surface area contributed by atoms with Gasteiger partial charge < -0.3 is 14.8 Å². The standard InChI is InChI=1S/C22H20ClN3O2/c1-22-20-19(14-8-4-6-10-17(14)24-20)15(13-7-3-5-9-16(13)23)11-26(22)18(27)12-25(2)21(22)28/h3-10,15,24H,11-12H2,1-2H3/t15-,22+/m0/s1. The van der Waals surface area contributed by atoms with Crippen LogP contribution in [0.3, 0.4) is 0 Å². The summed E-state index contributed by atoms with van der Waals surface area (Å²) in [6.45, 7) is 2.37. The molecule has 0 spiro atoms. The number of benzene rings is 2. The Bertz CT molecular complexity index is 1140. The molecule has 5 rings (SSSR count). The SMILES string of the molecule is CN1CC(=O)N2C[C@@H](c3ccccc3Cl)c3c([nH]c4ccccc34)[C@]2(C)C1=O. The van der Waals surface area contributed by atoms with Gasteiger partial charge in [0.25, 0.3) is 5.91 Å². The van der Waals surface area contributed by atoms with Gasteiger partial charge in [0.15, 0.2) is 5.54 Å². The van der Waals surface area contributed by atoms with Gasteiger partial charge in [0.2, 0.25) is 5.91 Å². The summed E-state index contributed by atoms with van der Waals surface area (Å²) in [5.41, 5.74) is 2.72. The zero-order valence-corrected chi connectivity index (χ0v) is 16.5. The molecule has 2 aliphatic rings. The number of nitrogens with zero attached hydrogens (tertiary/aromatic N) is 2. The van der Waals surface area contributed by atoms with Crippen LogP contribution in [0, 0.1) is 0 Å². The third-order valence-electron chi connectivity index (χ3n) is 6.20. The van der Waals surface area contributed by atoms with E-state index in [4.69, 9.17) is 11.6 Å². The molecule has 2 amide bonds. The molecule has 1 N–H and O–H groups in total. The maximum Gasteiger partial charge on any atom is 0.254 e. The summed E-state index contributed by atoms with van der Waals surface area (Å²) >= 11 is 6.55. The van der Waals surface area contributed by atoms with Crippen molar-refractivity contribution in [1.29, 1.82) is 0 Å². The number of hydrogen-bond acceptors (Lipinski definition) is 2. The number of piperazine rings is 1. The summed E-state index contributed by atoms with van der Waals surface area (Å²) in [7, 11) is 1.69. The van der Waals surface area contributed by atoms with E-state index >= 15 is 0 Å². The molecule has 1 fully saturated rings. The van der Waals surface area contributed by atoms with Gasteiger partial charge in [-0.25, -0.2) is 0 Å². The highest BCUT2D eigenvalue weighted by atomic mass is 35.5. The first-order valence-corrected chi connectivity index (χ1v) is 9.72. The lowest BCUT2D eigenvalue weighted by Crippen LogP contribution is -2.66. The number of aromatic nitrogens is 1. The quantitative estimate of drug-likeness (QED) is 0.688. The van der Waals surface area contributed by atoms with E-state index in [-0.39, 0.29) is 24.3 Å². The number of carbonyl (C=O) groups is 2. The molecule has 2 atom stereocenters. The average Bonchev–Trinajstić information content (AvgIpc) is 3.08. The van der Waals surface area contributed by atoms with Crippen LogP contribution in [0.1, 0.15) is 29.7 Å². The molecule has 1 saturated heterocycles. The van der Waals surface area contributed by atoms with Gasteiger partial charge in [0, 0.05) is 35.4 Å². The van der Waals surface area contributed by atoms with Crippen molar-refractivity contribution in [2.24, 2.45) is 0 Å². The summed E-state index contributed by atoms with van der Waals surface area (Å²) in [5.74, 6) is -0.225. The number of fused-ring (bicyclic) bond motifs is 5. The molecule has 2 aromatic carbocycles. The molecule has 3 aromatic rings. The molecule has 0 aliphatic carbocycles. The predicted molar refractivity (Wildman–Crippen MR) is 108 cm³/mol. The first-order valence-electron chi connectivity index (χ1n) is 9.34. The molecular weight excluding hydrogens is 374 g/mol. The lowest BCUT2D eigenvalue weighted by Gasteiger charge is -2.50. The van der Waals surface area contributed by atoms with Crippen LogP contribution in [0.5, 0.6) is 0 Å². The van der Waals surface area contributed by atoms with E-state index in [9.17, 15) is 9.59 Å². The summed E-state index contributed by atoms with van der Waals surface area (Å²) in [6, 6.07) is 15.8. The van der Waals surface area contributed by atoms with Gasteiger partial charge in [-0.05, 0) is 30.2 Å². The van der Waals surface area contributed by atoms with Crippen LogP contribution in [0.2, 0.25) is 5.02 Å². The molecule has 142 valence electrons. The first kappa shape index (κ1) is 17.3. The second-order valence-electron chi connectivity index (χ2n) is 7.77. The molecule has 0 bridgehead atoms. The molecule has 0 unspecified atom stereocenters. The van der Waals surface area contributed by atoms with E-state index in [0.717, 1.165) is 27.7 Å². The molecule has 5 nitrogen and oxygen atoms in total. The van der Waals surface area contributed by atoms with Gasteiger partial charge >= 0.3 is 0 Å². The minimum Gasteiger partial charge on any atom is -0.356 e. The molecule has 0 radical (unpaired) electrons. The molecule has 3 heterocycles. The van der Waals surface area contributed by atoms with Gasteiger partial charge in [0.05, 0.1) is 12.2 Å². The fourth-order valence-electron chi connectivity index (χ4n) is 4.82. The normalized spacial score (nSPS) is 24.5. The summed E-state index contributed by atoms with van der Waals surface area (Å²) in [5, 5.41) is 1.73. The minimum absolute atomic E-state index is 0.0500. The molecule has 2 aliphatic heterocycles. The molecule has 1 aromatic heterocycles. The number of likely N-dealkylation sites (N-methyl/N-ethyl adjacent to an activating group) is 1. The van der Waals surface area contributed by atoms with Crippen LogP contribution in [-0.2, 0) is 15.1 Å². The van der Waals surface area contributed by atoms with E-state index in [1.54, 1.807) is 11.9 Å². The van der Waals surface area contributed by atoms with Gasteiger partial charge in [-0.1, -0.05) is 48.0 Å². The largest absolute Gasteiger partial charge is 0.356 e. The van der Waals surface area contributed by atoms with Crippen molar-refractivity contribution in [2.45, 2.75) is 18.4 Å². The van der Waals surface area contributed by atoms with Crippen LogP contribution >= 0.6 is 11.6 Å². The van der Waals surface area contributed by atoms with E-state index in [1.165, 1.54) is 4.90 Å². The Morgan fingerprint density at radius 1 is 1.11 bits per heavy atom. The van der Waals surface area contributed by atoms with Crippen molar-refractivity contribution in [2.75, 3.05) is 20.1 Å². The fraction of sp³-hybridized carbons (Fsp3) is 0.273. The lowest BCUT2D eigenvalue weighted by atomic mass is 9.76. The van der Waals surface area contributed by atoms with Gasteiger partial charge in [-0.2, -0.15) is 0 Å². The Balaban J connectivity index is 1.84. The van der Waals surface area contributed by atoms with Crippen LogP contribution in [0.25, 0.3) is 10.9 Å². The van der Waals surface area contributed by atoms with Crippen molar-refractivity contribution in [3.05, 3.63) is 70.4 Å². The predicted octanol–water partition coefficient (Wildman–Crippen LogP) is 3.48. The number of H-pyrrole nitrogens is 1. The number of para-hydroxylation sites is 1. The van der Waals surface area contributed by atoms with Crippen molar-refractivity contribution < 1.29 is 9.59 Å². The Morgan fingerprint density at radius 2 is 1.82 bits per heavy atom. The second-order valence-corrected chi connectivity index (χ2v) is 8.18. The van der Waals surface area contributed by atoms with Gasteiger partial charge in [0.1, 0.15) is 0 Å². The number of amides is 2. The molecular formula is C22H20ClN3O2. The fourth-order valence-corrected chi connectivity index (χ4v) is 5.09. The second kappa shape index (κ2) is 5.85. The number of carbonyl (C=O) groups excluding carboxylic acids is 2. The number of hydrogen-bond donors (Lipinski definition) is 1. The molecule has 28 heavy (non-hydrogen) atoms. The third-order valence-corrected chi connectivity index (χ3v) is 6.55. The maximum absolute atomic E-state index is 13.3. The van der Waals surface area contributed by atoms with E-state index in [0.29, 0.717) is 11.6 Å². The zero-order valence-electron chi connectivity index (χ0n) is 15.7. The lowest BCUT2D eigenvalue weighted by molar-refractivity contribution is -0.164. The van der Waals surface area contributed by atoms with Gasteiger partial charge in [-0.3, -0.25) is 9.59 Å². The first-order chi connectivity index (χ1) is 13.4. The highest BCUT2D eigenvalue weighted by molar-refractivity contribution is 6.31. The number of nitrogens with one attached hydrogen (secondary N) is 1. The van der Waals surface area contributed by atoms with Gasteiger partial charge in [-0.15, -0.1) is 0 Å². The Morgan fingerprint density at radius 3 is 2.61 bits per heavy atom. The van der Waals surface area contributed by atoms with E-state index in [2.05, 4.69) is 11.1 Å². The number of rotatable bonds is 1. The Hall–Kier alpha value is -2.79. The zero-order chi connectivity index (χ0) is 19.6. The average molecular weight is 394 g/mol. The van der Waals surface area contributed by atoms with Crippen LogP contribution in [0.4, 0.5) is 0 Å². The highest BCUT2D eigenvalue weighted by Crippen LogP contribution is 2.48. The Labute approximate surface area is 167 Å². The van der Waals surface area contributed by atoms with E-state index in [1.807, 2.05) is 49.4 Å². The highest BCUT2D eigenvalue weighted by Gasteiger charge is 2.55. The van der Waals surface area contributed by atoms with Crippen molar-refractivity contribution in [1.82, 2.24) is 14.8 Å². The third kappa shape index (κ3) is 2.14. The monoisotopic (exact) mass is 393 g/mol. The topological polar surface area (TPSA) is 56.4 Å². The smallest absolute Gasteiger partial charge is 0.254 e. The summed E-state index contributed by atoms with van der Waals surface area (Å²) < 4.78 is 0. The van der Waals surface area contributed by atoms with Crippen LogP contribution in [0.15, 0.2) is 48.5 Å².